The molecule has 0 radical (unpaired) electrons. The van der Waals surface area contributed by atoms with Gasteiger partial charge in [-0.3, -0.25) is 0 Å². The molecule has 0 saturated carbocycles. The standard InChI is InChI=1S/C10H11FO2/c1-13-10-4-2-8(3-5-10)9(6-11)7-12/h2-6,12H,7H2,1H3/b9-6-. The van der Waals surface area contributed by atoms with E-state index in [2.05, 4.69) is 0 Å². The van der Waals surface area contributed by atoms with Crippen LogP contribution in [0.5, 0.6) is 5.75 Å². The molecule has 0 aliphatic rings. The summed E-state index contributed by atoms with van der Waals surface area (Å²) >= 11 is 0. The number of aliphatic hydroxyl groups is 1. The number of ether oxygens (including phenoxy) is 1. The number of benzene rings is 1. The van der Waals surface area contributed by atoms with Crippen molar-refractivity contribution in [2.24, 2.45) is 0 Å². The summed E-state index contributed by atoms with van der Waals surface area (Å²) in [6.07, 6.45) is 0.405. The van der Waals surface area contributed by atoms with Crippen LogP contribution < -0.4 is 4.74 Å². The van der Waals surface area contributed by atoms with Gasteiger partial charge in [-0.05, 0) is 17.7 Å². The van der Waals surface area contributed by atoms with Gasteiger partial charge in [0.25, 0.3) is 0 Å². The van der Waals surface area contributed by atoms with Crippen molar-refractivity contribution in [2.45, 2.75) is 0 Å². The molecule has 0 saturated heterocycles. The largest absolute Gasteiger partial charge is 0.497 e. The molecule has 13 heavy (non-hydrogen) atoms. The summed E-state index contributed by atoms with van der Waals surface area (Å²) in [5.41, 5.74) is 0.924. The minimum absolute atomic E-state index is 0.266. The summed E-state index contributed by atoms with van der Waals surface area (Å²) in [7, 11) is 1.56. The first-order chi connectivity index (χ1) is 6.31. The van der Waals surface area contributed by atoms with E-state index in [1.54, 1.807) is 31.4 Å². The van der Waals surface area contributed by atoms with Crippen molar-refractivity contribution in [3.05, 3.63) is 36.2 Å². The van der Waals surface area contributed by atoms with Gasteiger partial charge in [-0.15, -0.1) is 0 Å². The Morgan fingerprint density at radius 2 is 2.08 bits per heavy atom. The molecule has 0 amide bonds. The van der Waals surface area contributed by atoms with Gasteiger partial charge in [0, 0.05) is 5.57 Å². The van der Waals surface area contributed by atoms with E-state index in [9.17, 15) is 4.39 Å². The number of methoxy groups -OCH3 is 1. The topological polar surface area (TPSA) is 29.5 Å². The molecule has 1 aromatic carbocycles. The maximum absolute atomic E-state index is 12.2. The molecule has 0 heterocycles. The molecule has 0 atom stereocenters. The van der Waals surface area contributed by atoms with Crippen molar-refractivity contribution < 1.29 is 14.2 Å². The van der Waals surface area contributed by atoms with Crippen LogP contribution in [0.25, 0.3) is 5.57 Å². The number of hydrogen-bond donors (Lipinski definition) is 1. The molecule has 0 aliphatic heterocycles. The first-order valence-electron chi connectivity index (χ1n) is 3.86. The van der Waals surface area contributed by atoms with Crippen molar-refractivity contribution in [3.8, 4) is 5.75 Å². The van der Waals surface area contributed by atoms with Crippen molar-refractivity contribution in [1.29, 1.82) is 0 Å². The number of halogens is 1. The van der Waals surface area contributed by atoms with Crippen molar-refractivity contribution >= 4 is 5.57 Å². The molecule has 2 nitrogen and oxygen atoms in total. The Balaban J connectivity index is 2.91. The quantitative estimate of drug-likeness (QED) is 0.774. The Labute approximate surface area is 76.3 Å². The number of rotatable bonds is 3. The lowest BCUT2D eigenvalue weighted by Crippen LogP contribution is -1.90. The van der Waals surface area contributed by atoms with Gasteiger partial charge in [0.1, 0.15) is 5.75 Å². The Hall–Kier alpha value is -1.35. The molecule has 1 rings (SSSR count). The van der Waals surface area contributed by atoms with Crippen LogP contribution in [0.3, 0.4) is 0 Å². The van der Waals surface area contributed by atoms with Gasteiger partial charge >= 0.3 is 0 Å². The van der Waals surface area contributed by atoms with Crippen LogP contribution in [-0.2, 0) is 0 Å². The second-order valence-electron chi connectivity index (χ2n) is 2.52. The van der Waals surface area contributed by atoms with Crippen LogP contribution in [-0.4, -0.2) is 18.8 Å². The predicted molar refractivity (Wildman–Crippen MR) is 49.2 cm³/mol. The zero-order chi connectivity index (χ0) is 9.68. The molecule has 0 fully saturated rings. The summed E-state index contributed by atoms with van der Waals surface area (Å²) in [4.78, 5) is 0. The van der Waals surface area contributed by atoms with Crippen LogP contribution in [0, 0.1) is 0 Å². The summed E-state index contributed by atoms with van der Waals surface area (Å²) < 4.78 is 17.1. The fourth-order valence-corrected chi connectivity index (χ4v) is 0.994. The molecule has 0 aliphatic carbocycles. The van der Waals surface area contributed by atoms with Gasteiger partial charge in [0.15, 0.2) is 0 Å². The molecule has 0 bridgehead atoms. The van der Waals surface area contributed by atoms with E-state index < -0.39 is 0 Å². The predicted octanol–water partition coefficient (Wildman–Crippen LogP) is 2.00. The lowest BCUT2D eigenvalue weighted by Gasteiger charge is -2.03. The van der Waals surface area contributed by atoms with Gasteiger partial charge in [-0.25, -0.2) is 4.39 Å². The van der Waals surface area contributed by atoms with Gasteiger partial charge in [-0.2, -0.15) is 0 Å². The highest BCUT2D eigenvalue weighted by atomic mass is 19.1. The molecule has 1 aromatic rings. The molecule has 0 spiro atoms. The highest BCUT2D eigenvalue weighted by Gasteiger charge is 1.99. The minimum Gasteiger partial charge on any atom is -0.497 e. The van der Waals surface area contributed by atoms with E-state index in [1.807, 2.05) is 0 Å². The zero-order valence-electron chi connectivity index (χ0n) is 7.33. The van der Waals surface area contributed by atoms with Crippen LogP contribution >= 0.6 is 0 Å². The summed E-state index contributed by atoms with van der Waals surface area (Å²) in [6, 6.07) is 6.82. The normalized spacial score (nSPS) is 11.5. The maximum Gasteiger partial charge on any atom is 0.118 e. The van der Waals surface area contributed by atoms with Crippen molar-refractivity contribution in [2.75, 3.05) is 13.7 Å². The molecular weight excluding hydrogens is 171 g/mol. The summed E-state index contributed by atoms with van der Waals surface area (Å²) in [6.45, 7) is -0.303. The average Bonchev–Trinajstić information content (AvgIpc) is 2.21. The van der Waals surface area contributed by atoms with Crippen LogP contribution in [0.1, 0.15) is 5.56 Å². The van der Waals surface area contributed by atoms with Gasteiger partial charge in [-0.1, -0.05) is 12.1 Å². The third-order valence-corrected chi connectivity index (χ3v) is 1.76. The molecule has 3 heteroatoms. The monoisotopic (exact) mass is 182 g/mol. The fourth-order valence-electron chi connectivity index (χ4n) is 0.994. The maximum atomic E-state index is 12.2. The molecule has 1 N–H and O–H groups in total. The second-order valence-corrected chi connectivity index (χ2v) is 2.52. The van der Waals surface area contributed by atoms with Crippen LogP contribution in [0.15, 0.2) is 30.6 Å². The SMILES string of the molecule is COc1ccc(/C(=C\F)CO)cc1. The number of hydrogen-bond acceptors (Lipinski definition) is 2. The Morgan fingerprint density at radius 1 is 1.46 bits per heavy atom. The molecular formula is C10H11FO2. The van der Waals surface area contributed by atoms with E-state index in [-0.39, 0.29) is 12.2 Å². The number of aliphatic hydroxyl groups excluding tert-OH is 1. The zero-order valence-corrected chi connectivity index (χ0v) is 7.33. The van der Waals surface area contributed by atoms with Crippen LogP contribution in [0.4, 0.5) is 4.39 Å². The van der Waals surface area contributed by atoms with Crippen molar-refractivity contribution in [3.63, 3.8) is 0 Å². The molecule has 70 valence electrons. The van der Waals surface area contributed by atoms with E-state index in [0.29, 0.717) is 17.6 Å². The Kier molecular flexibility index (Phi) is 3.46. The smallest absolute Gasteiger partial charge is 0.118 e. The molecule has 0 aromatic heterocycles. The second kappa shape index (κ2) is 4.62. The van der Waals surface area contributed by atoms with Gasteiger partial charge in [0.2, 0.25) is 0 Å². The summed E-state index contributed by atoms with van der Waals surface area (Å²) in [5, 5.41) is 8.77. The van der Waals surface area contributed by atoms with E-state index >= 15 is 0 Å². The third kappa shape index (κ3) is 2.29. The highest BCUT2D eigenvalue weighted by Crippen LogP contribution is 2.18. The lowest BCUT2D eigenvalue weighted by molar-refractivity contribution is 0.348. The van der Waals surface area contributed by atoms with Gasteiger partial charge in [0.05, 0.1) is 20.0 Å². The first kappa shape index (κ1) is 9.74. The minimum atomic E-state index is -0.303. The highest BCUT2D eigenvalue weighted by molar-refractivity contribution is 5.65. The Bertz CT molecular complexity index is 290. The third-order valence-electron chi connectivity index (χ3n) is 1.76. The van der Waals surface area contributed by atoms with Crippen LogP contribution in [0.2, 0.25) is 0 Å². The lowest BCUT2D eigenvalue weighted by atomic mass is 10.1. The molecule has 0 unspecified atom stereocenters. The van der Waals surface area contributed by atoms with Gasteiger partial charge < -0.3 is 9.84 Å². The summed E-state index contributed by atoms with van der Waals surface area (Å²) in [5.74, 6) is 0.708. The fraction of sp³-hybridized carbons (Fsp3) is 0.200. The van der Waals surface area contributed by atoms with E-state index in [0.717, 1.165) is 0 Å². The van der Waals surface area contributed by atoms with Crippen molar-refractivity contribution in [1.82, 2.24) is 0 Å². The first-order valence-corrected chi connectivity index (χ1v) is 3.86. The van der Waals surface area contributed by atoms with E-state index in [1.165, 1.54) is 0 Å². The Morgan fingerprint density at radius 3 is 2.46 bits per heavy atom. The van der Waals surface area contributed by atoms with E-state index in [4.69, 9.17) is 9.84 Å². The average molecular weight is 182 g/mol.